The first-order chi connectivity index (χ1) is 12.3. The summed E-state index contributed by atoms with van der Waals surface area (Å²) in [6, 6.07) is 11.6. The number of carbonyl (C=O) groups is 2. The van der Waals surface area contributed by atoms with Crippen molar-refractivity contribution in [1.29, 1.82) is 0 Å². The summed E-state index contributed by atoms with van der Waals surface area (Å²) in [6.07, 6.45) is -4.53. The van der Waals surface area contributed by atoms with Crippen LogP contribution >= 0.6 is 0 Å². The minimum absolute atomic E-state index is 0.00811. The average molecular weight is 366 g/mol. The molecule has 0 aliphatic heterocycles. The summed E-state index contributed by atoms with van der Waals surface area (Å²) in [5.41, 5.74) is -0.274. The monoisotopic (exact) mass is 366 g/mol. The van der Waals surface area contributed by atoms with Crippen LogP contribution < -0.4 is 10.6 Å². The van der Waals surface area contributed by atoms with Gasteiger partial charge in [0.2, 0.25) is 11.8 Å². The number of rotatable bonds is 6. The minimum Gasteiger partial charge on any atom is -0.394 e. The quantitative estimate of drug-likeness (QED) is 0.734. The van der Waals surface area contributed by atoms with E-state index >= 15 is 0 Å². The molecule has 1 atom stereocenters. The van der Waals surface area contributed by atoms with Crippen LogP contribution in [-0.2, 0) is 22.2 Å². The van der Waals surface area contributed by atoms with Crippen molar-refractivity contribution in [2.45, 2.75) is 18.6 Å². The standard InChI is InChI=1S/C18H17F3N2O3/c19-18(20,21)13-7-4-8-14(10-13)22-17(26)15(11-24)23-16(25)9-12-5-2-1-3-6-12/h1-8,10,15,24H,9,11H2,(H,22,26)(H,23,25)/t15-/m0/s1. The third-order valence-corrected chi connectivity index (χ3v) is 3.50. The number of amides is 2. The number of hydrogen-bond donors (Lipinski definition) is 3. The second-order valence-corrected chi connectivity index (χ2v) is 5.53. The Morgan fingerprint density at radius 3 is 2.35 bits per heavy atom. The summed E-state index contributed by atoms with van der Waals surface area (Å²) in [7, 11) is 0. The highest BCUT2D eigenvalue weighted by Crippen LogP contribution is 2.30. The number of halogens is 3. The van der Waals surface area contributed by atoms with Crippen molar-refractivity contribution >= 4 is 17.5 Å². The number of anilines is 1. The topological polar surface area (TPSA) is 78.4 Å². The van der Waals surface area contributed by atoms with Crippen LogP contribution in [0.4, 0.5) is 18.9 Å². The summed E-state index contributed by atoms with van der Waals surface area (Å²) in [6.45, 7) is -0.689. The number of carbonyl (C=O) groups excluding carboxylic acids is 2. The van der Waals surface area contributed by atoms with Gasteiger partial charge in [0.15, 0.2) is 0 Å². The maximum absolute atomic E-state index is 12.7. The van der Waals surface area contributed by atoms with Gasteiger partial charge >= 0.3 is 6.18 Å². The maximum Gasteiger partial charge on any atom is 0.416 e. The van der Waals surface area contributed by atoms with Crippen molar-refractivity contribution in [3.63, 3.8) is 0 Å². The molecule has 2 amide bonds. The van der Waals surface area contributed by atoms with Gasteiger partial charge in [-0.15, -0.1) is 0 Å². The van der Waals surface area contributed by atoms with Gasteiger partial charge in [-0.25, -0.2) is 0 Å². The predicted molar refractivity (Wildman–Crippen MR) is 89.2 cm³/mol. The summed E-state index contributed by atoms with van der Waals surface area (Å²) in [5.74, 6) is -1.30. The zero-order valence-corrected chi connectivity index (χ0v) is 13.6. The molecular formula is C18H17F3N2O3. The predicted octanol–water partition coefficient (Wildman–Crippen LogP) is 2.36. The minimum atomic E-state index is -4.54. The highest BCUT2D eigenvalue weighted by molar-refractivity contribution is 5.97. The van der Waals surface area contributed by atoms with Gasteiger partial charge in [0.05, 0.1) is 18.6 Å². The first kappa shape index (κ1) is 19.5. The van der Waals surface area contributed by atoms with Gasteiger partial charge in [0.1, 0.15) is 6.04 Å². The van der Waals surface area contributed by atoms with E-state index in [9.17, 15) is 27.9 Å². The summed E-state index contributed by atoms with van der Waals surface area (Å²) in [5, 5.41) is 13.9. The first-order valence-corrected chi connectivity index (χ1v) is 7.72. The highest BCUT2D eigenvalue weighted by Gasteiger charge is 2.30. The molecule has 138 valence electrons. The van der Waals surface area contributed by atoms with E-state index in [-0.39, 0.29) is 12.1 Å². The zero-order chi connectivity index (χ0) is 19.2. The molecule has 0 unspecified atom stereocenters. The second kappa shape index (κ2) is 8.48. The molecule has 8 heteroatoms. The third-order valence-electron chi connectivity index (χ3n) is 3.50. The lowest BCUT2D eigenvalue weighted by Gasteiger charge is -2.17. The SMILES string of the molecule is O=C(Cc1ccccc1)N[C@@H](CO)C(=O)Nc1cccc(C(F)(F)F)c1. The van der Waals surface area contributed by atoms with E-state index in [2.05, 4.69) is 10.6 Å². The summed E-state index contributed by atoms with van der Waals surface area (Å²) in [4.78, 5) is 24.1. The fraction of sp³-hybridized carbons (Fsp3) is 0.222. The van der Waals surface area contributed by atoms with Crippen LogP contribution in [-0.4, -0.2) is 29.6 Å². The van der Waals surface area contributed by atoms with Gasteiger partial charge < -0.3 is 15.7 Å². The molecule has 0 heterocycles. The molecule has 0 spiro atoms. The van der Waals surface area contributed by atoms with E-state index in [0.717, 1.165) is 23.8 Å². The Labute approximate surface area is 147 Å². The number of nitrogens with one attached hydrogen (secondary N) is 2. The van der Waals surface area contributed by atoms with E-state index < -0.39 is 36.2 Å². The lowest BCUT2D eigenvalue weighted by atomic mass is 10.1. The van der Waals surface area contributed by atoms with E-state index in [1.165, 1.54) is 6.07 Å². The van der Waals surface area contributed by atoms with Crippen molar-refractivity contribution in [2.24, 2.45) is 0 Å². The largest absolute Gasteiger partial charge is 0.416 e. The van der Waals surface area contributed by atoms with Crippen LogP contribution in [0.5, 0.6) is 0 Å². The Morgan fingerprint density at radius 2 is 1.73 bits per heavy atom. The number of aliphatic hydroxyl groups is 1. The number of benzene rings is 2. The van der Waals surface area contributed by atoms with Gasteiger partial charge in [-0.1, -0.05) is 36.4 Å². The van der Waals surface area contributed by atoms with Gasteiger partial charge in [0, 0.05) is 5.69 Å². The van der Waals surface area contributed by atoms with Crippen molar-refractivity contribution in [1.82, 2.24) is 5.32 Å². The molecule has 0 saturated heterocycles. The molecule has 0 saturated carbocycles. The molecule has 3 N–H and O–H groups in total. The molecule has 0 aliphatic rings. The Kier molecular flexibility index (Phi) is 6.35. The molecular weight excluding hydrogens is 349 g/mol. The Balaban J connectivity index is 1.99. The molecule has 0 radical (unpaired) electrons. The molecule has 2 aromatic rings. The lowest BCUT2D eigenvalue weighted by Crippen LogP contribution is -2.46. The van der Waals surface area contributed by atoms with Gasteiger partial charge in [-0.3, -0.25) is 9.59 Å². The van der Waals surface area contributed by atoms with Gasteiger partial charge in [-0.2, -0.15) is 13.2 Å². The number of alkyl halides is 3. The van der Waals surface area contributed by atoms with E-state index in [1.807, 2.05) is 0 Å². The highest BCUT2D eigenvalue weighted by atomic mass is 19.4. The fourth-order valence-corrected chi connectivity index (χ4v) is 2.22. The van der Waals surface area contributed by atoms with E-state index in [0.29, 0.717) is 0 Å². The Morgan fingerprint density at radius 1 is 1.04 bits per heavy atom. The molecule has 0 fully saturated rings. The summed E-state index contributed by atoms with van der Waals surface area (Å²) >= 11 is 0. The van der Waals surface area contributed by atoms with Crippen molar-refractivity contribution in [3.05, 3.63) is 65.7 Å². The van der Waals surface area contributed by atoms with Crippen molar-refractivity contribution in [2.75, 3.05) is 11.9 Å². The van der Waals surface area contributed by atoms with Crippen LogP contribution in [0.3, 0.4) is 0 Å². The smallest absolute Gasteiger partial charge is 0.394 e. The lowest BCUT2D eigenvalue weighted by molar-refractivity contribution is -0.137. The van der Waals surface area contributed by atoms with E-state index in [4.69, 9.17) is 0 Å². The van der Waals surface area contributed by atoms with Gasteiger partial charge in [-0.05, 0) is 23.8 Å². The first-order valence-electron chi connectivity index (χ1n) is 7.72. The molecule has 0 aromatic heterocycles. The normalized spacial score (nSPS) is 12.3. The molecule has 0 bridgehead atoms. The van der Waals surface area contributed by atoms with Crippen LogP contribution in [0.2, 0.25) is 0 Å². The number of aliphatic hydroxyl groups excluding tert-OH is 1. The second-order valence-electron chi connectivity index (χ2n) is 5.53. The maximum atomic E-state index is 12.7. The zero-order valence-electron chi connectivity index (χ0n) is 13.6. The molecule has 26 heavy (non-hydrogen) atoms. The van der Waals surface area contributed by atoms with E-state index in [1.54, 1.807) is 30.3 Å². The Hall–Kier alpha value is -2.87. The van der Waals surface area contributed by atoms with Crippen LogP contribution in [0.25, 0.3) is 0 Å². The molecule has 2 rings (SSSR count). The van der Waals surface area contributed by atoms with Crippen LogP contribution in [0.1, 0.15) is 11.1 Å². The van der Waals surface area contributed by atoms with Gasteiger partial charge in [0.25, 0.3) is 0 Å². The van der Waals surface area contributed by atoms with Crippen molar-refractivity contribution < 1.29 is 27.9 Å². The van der Waals surface area contributed by atoms with Crippen molar-refractivity contribution in [3.8, 4) is 0 Å². The molecule has 0 aliphatic carbocycles. The third kappa shape index (κ3) is 5.59. The van der Waals surface area contributed by atoms with Crippen LogP contribution in [0, 0.1) is 0 Å². The van der Waals surface area contributed by atoms with Crippen LogP contribution in [0.15, 0.2) is 54.6 Å². The molecule has 5 nitrogen and oxygen atoms in total. The number of hydrogen-bond acceptors (Lipinski definition) is 3. The molecule has 2 aromatic carbocycles. The Bertz CT molecular complexity index is 764. The average Bonchev–Trinajstić information content (AvgIpc) is 2.60. The summed E-state index contributed by atoms with van der Waals surface area (Å²) < 4.78 is 38.1. The fourth-order valence-electron chi connectivity index (χ4n) is 2.22.